The zero-order valence-electron chi connectivity index (χ0n) is 8.33. The number of carbonyl (C=O) groups is 1. The van der Waals surface area contributed by atoms with Crippen molar-refractivity contribution in [2.24, 2.45) is 0 Å². The summed E-state index contributed by atoms with van der Waals surface area (Å²) in [6.07, 6.45) is 0.660. The maximum atomic E-state index is 10.7. The lowest BCUT2D eigenvalue weighted by atomic mass is 10.2. The Kier molecular flexibility index (Phi) is 2.99. The van der Waals surface area contributed by atoms with E-state index in [1.807, 2.05) is 0 Å². The number of pyridine rings is 1. The van der Waals surface area contributed by atoms with Crippen molar-refractivity contribution in [3.8, 4) is 5.75 Å². The Labute approximate surface area is 102 Å². The van der Waals surface area contributed by atoms with Crippen molar-refractivity contribution >= 4 is 40.4 Å². The van der Waals surface area contributed by atoms with E-state index in [2.05, 4.69) is 4.98 Å². The van der Waals surface area contributed by atoms with Crippen molar-refractivity contribution < 1.29 is 9.53 Å². The third kappa shape index (κ3) is 1.72. The van der Waals surface area contributed by atoms with Gasteiger partial charge in [0, 0.05) is 5.39 Å². The number of benzene rings is 1. The smallest absolute Gasteiger partial charge is 0.168 e. The molecule has 0 unspecified atom stereocenters. The van der Waals surface area contributed by atoms with Crippen LogP contribution in [0.25, 0.3) is 10.9 Å². The minimum absolute atomic E-state index is 0.309. The molecule has 3 nitrogen and oxygen atoms in total. The molecular weight excluding hydrogens is 249 g/mol. The first-order chi connectivity index (χ1) is 7.67. The van der Waals surface area contributed by atoms with Crippen LogP contribution < -0.4 is 4.74 Å². The summed E-state index contributed by atoms with van der Waals surface area (Å²) >= 11 is 12.0. The molecule has 82 valence electrons. The Morgan fingerprint density at radius 3 is 2.69 bits per heavy atom. The fourth-order valence-electron chi connectivity index (χ4n) is 1.47. The summed E-state index contributed by atoms with van der Waals surface area (Å²) in [7, 11) is 1.49. The fraction of sp³-hybridized carbons (Fsp3) is 0.0909. The Morgan fingerprint density at radius 2 is 2.06 bits per heavy atom. The van der Waals surface area contributed by atoms with E-state index in [0.29, 0.717) is 38.7 Å². The van der Waals surface area contributed by atoms with E-state index in [4.69, 9.17) is 27.9 Å². The first kappa shape index (κ1) is 11.2. The largest absolute Gasteiger partial charge is 0.493 e. The molecule has 2 aromatic rings. The second-order valence-electron chi connectivity index (χ2n) is 3.12. The number of hydrogen-bond donors (Lipinski definition) is 0. The number of halogens is 2. The van der Waals surface area contributed by atoms with Crippen LogP contribution in [0.5, 0.6) is 5.75 Å². The van der Waals surface area contributed by atoms with Gasteiger partial charge in [-0.25, -0.2) is 4.98 Å². The molecule has 0 saturated carbocycles. The zero-order valence-corrected chi connectivity index (χ0v) is 9.84. The van der Waals surface area contributed by atoms with E-state index in [1.165, 1.54) is 7.11 Å². The predicted octanol–water partition coefficient (Wildman–Crippen LogP) is 3.36. The number of methoxy groups -OCH3 is 1. The van der Waals surface area contributed by atoms with Gasteiger partial charge >= 0.3 is 0 Å². The molecule has 0 aliphatic rings. The van der Waals surface area contributed by atoms with E-state index >= 15 is 0 Å². The topological polar surface area (TPSA) is 39.2 Å². The van der Waals surface area contributed by atoms with Gasteiger partial charge in [0.05, 0.1) is 17.2 Å². The molecule has 0 bridgehead atoms. The van der Waals surface area contributed by atoms with E-state index in [1.54, 1.807) is 18.2 Å². The number of rotatable bonds is 2. The molecule has 16 heavy (non-hydrogen) atoms. The highest BCUT2D eigenvalue weighted by atomic mass is 35.5. The summed E-state index contributed by atoms with van der Waals surface area (Å²) < 4.78 is 5.14. The summed E-state index contributed by atoms with van der Waals surface area (Å²) in [6.45, 7) is 0. The molecule has 1 heterocycles. The van der Waals surface area contributed by atoms with E-state index in [-0.39, 0.29) is 0 Å². The van der Waals surface area contributed by atoms with Gasteiger partial charge in [0.2, 0.25) is 0 Å². The number of fused-ring (bicyclic) bond motifs is 1. The summed E-state index contributed by atoms with van der Waals surface area (Å²) in [5.41, 5.74) is 0.800. The number of carbonyl (C=O) groups excluding carboxylic acids is 1. The van der Waals surface area contributed by atoms with Crippen molar-refractivity contribution in [2.45, 2.75) is 0 Å². The van der Waals surface area contributed by atoms with Crippen molar-refractivity contribution in [3.63, 3.8) is 0 Å². The van der Waals surface area contributed by atoms with E-state index in [9.17, 15) is 4.79 Å². The lowest BCUT2D eigenvalue weighted by Gasteiger charge is -2.08. The second-order valence-corrected chi connectivity index (χ2v) is 3.94. The predicted molar refractivity (Wildman–Crippen MR) is 63.7 cm³/mol. The molecule has 0 spiro atoms. The zero-order chi connectivity index (χ0) is 11.7. The summed E-state index contributed by atoms with van der Waals surface area (Å²) in [5, 5.41) is 1.55. The van der Waals surface area contributed by atoms with Crippen LogP contribution in [0.15, 0.2) is 18.2 Å². The Bertz CT molecular complexity index is 569. The highest BCUT2D eigenvalue weighted by molar-refractivity contribution is 6.39. The van der Waals surface area contributed by atoms with Crippen LogP contribution in [0.4, 0.5) is 0 Å². The number of aromatic nitrogens is 1. The van der Waals surface area contributed by atoms with E-state index < -0.39 is 0 Å². The quantitative estimate of drug-likeness (QED) is 0.773. The van der Waals surface area contributed by atoms with Gasteiger partial charge < -0.3 is 4.74 Å². The first-order valence-electron chi connectivity index (χ1n) is 4.45. The lowest BCUT2D eigenvalue weighted by Crippen LogP contribution is -1.93. The van der Waals surface area contributed by atoms with Gasteiger partial charge in [-0.1, -0.05) is 23.2 Å². The average molecular weight is 256 g/mol. The Balaban J connectivity index is 2.89. The maximum absolute atomic E-state index is 10.7. The van der Waals surface area contributed by atoms with Gasteiger partial charge in [0.25, 0.3) is 0 Å². The van der Waals surface area contributed by atoms with Crippen LogP contribution in [-0.4, -0.2) is 18.4 Å². The maximum Gasteiger partial charge on any atom is 0.168 e. The monoisotopic (exact) mass is 255 g/mol. The van der Waals surface area contributed by atoms with Crippen molar-refractivity contribution in [1.29, 1.82) is 0 Å². The molecule has 0 fully saturated rings. The highest BCUT2D eigenvalue weighted by Crippen LogP contribution is 2.36. The third-order valence-corrected chi connectivity index (χ3v) is 2.78. The van der Waals surface area contributed by atoms with Crippen LogP contribution in [0, 0.1) is 0 Å². The molecule has 0 aliphatic carbocycles. The molecule has 1 aromatic carbocycles. The molecule has 0 atom stereocenters. The van der Waals surface area contributed by atoms with Gasteiger partial charge in [-0.3, -0.25) is 4.79 Å². The van der Waals surface area contributed by atoms with Gasteiger partial charge in [0.1, 0.15) is 11.2 Å². The Hall–Kier alpha value is -1.32. The summed E-state index contributed by atoms with van der Waals surface area (Å²) in [6, 6.07) is 4.90. The van der Waals surface area contributed by atoms with Crippen molar-refractivity contribution in [3.05, 3.63) is 33.9 Å². The molecule has 0 saturated heterocycles. The molecule has 0 radical (unpaired) electrons. The standard InChI is InChI=1S/C11H7Cl2NO2/c1-16-11-9(13)4-8(12)7-3-2-6(5-15)14-10(7)11/h2-5H,1H3. The minimum atomic E-state index is 0.309. The van der Waals surface area contributed by atoms with Gasteiger partial charge in [-0.05, 0) is 18.2 Å². The average Bonchev–Trinajstić information content (AvgIpc) is 2.28. The van der Waals surface area contributed by atoms with E-state index in [0.717, 1.165) is 0 Å². The molecular formula is C11H7Cl2NO2. The molecule has 1 aromatic heterocycles. The summed E-state index contributed by atoms with van der Waals surface area (Å²) in [5.74, 6) is 0.421. The first-order valence-corrected chi connectivity index (χ1v) is 5.21. The minimum Gasteiger partial charge on any atom is -0.493 e. The normalized spacial score (nSPS) is 10.4. The lowest BCUT2D eigenvalue weighted by molar-refractivity contribution is 0.111. The van der Waals surface area contributed by atoms with Crippen LogP contribution >= 0.6 is 23.2 Å². The van der Waals surface area contributed by atoms with Gasteiger partial charge in [-0.2, -0.15) is 0 Å². The molecule has 0 amide bonds. The summed E-state index contributed by atoms with van der Waals surface area (Å²) in [4.78, 5) is 14.8. The number of hydrogen-bond acceptors (Lipinski definition) is 3. The van der Waals surface area contributed by atoms with Crippen molar-refractivity contribution in [1.82, 2.24) is 4.98 Å². The van der Waals surface area contributed by atoms with Crippen LogP contribution in [0.1, 0.15) is 10.5 Å². The van der Waals surface area contributed by atoms with Gasteiger partial charge in [0.15, 0.2) is 12.0 Å². The molecule has 2 rings (SSSR count). The SMILES string of the molecule is COc1c(Cl)cc(Cl)c2ccc(C=O)nc12. The molecule has 0 N–H and O–H groups in total. The number of ether oxygens (including phenoxy) is 1. The van der Waals surface area contributed by atoms with Crippen LogP contribution in [0.3, 0.4) is 0 Å². The number of aldehydes is 1. The van der Waals surface area contributed by atoms with Gasteiger partial charge in [-0.15, -0.1) is 0 Å². The third-order valence-electron chi connectivity index (χ3n) is 2.18. The fourth-order valence-corrected chi connectivity index (χ4v) is 2.06. The highest BCUT2D eigenvalue weighted by Gasteiger charge is 2.12. The van der Waals surface area contributed by atoms with Crippen LogP contribution in [-0.2, 0) is 0 Å². The molecule has 0 aliphatic heterocycles. The second kappa shape index (κ2) is 4.28. The van der Waals surface area contributed by atoms with Crippen LogP contribution in [0.2, 0.25) is 10.0 Å². The molecule has 5 heteroatoms. The number of nitrogens with zero attached hydrogens (tertiary/aromatic N) is 1. The van der Waals surface area contributed by atoms with Crippen molar-refractivity contribution in [2.75, 3.05) is 7.11 Å². The Morgan fingerprint density at radius 1 is 1.31 bits per heavy atom.